The standard InChI is InChI=1S/C19H30O/c1-12-13(2)15(4)19(16(5)14(12)3)18(20)11-17-9-7-6-8-10-17/h17-18,20H,6-11H2,1-5H3. The van der Waals surface area contributed by atoms with Crippen LogP contribution in [0.25, 0.3) is 0 Å². The summed E-state index contributed by atoms with van der Waals surface area (Å²) < 4.78 is 0. The molecule has 1 nitrogen and oxygen atoms in total. The first-order valence-electron chi connectivity index (χ1n) is 8.18. The van der Waals surface area contributed by atoms with Crippen LogP contribution in [0.15, 0.2) is 0 Å². The van der Waals surface area contributed by atoms with Crippen LogP contribution in [0.4, 0.5) is 0 Å². The van der Waals surface area contributed by atoms with Crippen LogP contribution in [0.5, 0.6) is 0 Å². The molecule has 1 aromatic rings. The molecule has 2 rings (SSSR count). The molecule has 0 heterocycles. The lowest BCUT2D eigenvalue weighted by Gasteiger charge is -2.27. The lowest BCUT2D eigenvalue weighted by molar-refractivity contribution is 0.130. The Kier molecular flexibility index (Phi) is 4.90. The molecule has 1 saturated carbocycles. The first-order chi connectivity index (χ1) is 9.43. The molecule has 0 amide bonds. The molecule has 1 aliphatic rings. The van der Waals surface area contributed by atoms with Gasteiger partial charge in [-0.3, -0.25) is 0 Å². The molecule has 1 fully saturated rings. The summed E-state index contributed by atoms with van der Waals surface area (Å²) in [4.78, 5) is 0. The van der Waals surface area contributed by atoms with Crippen LogP contribution in [-0.4, -0.2) is 5.11 Å². The SMILES string of the molecule is Cc1c(C)c(C)c(C(O)CC2CCCCC2)c(C)c1C. The van der Waals surface area contributed by atoms with Gasteiger partial charge in [-0.15, -0.1) is 0 Å². The molecule has 0 saturated heterocycles. The van der Waals surface area contributed by atoms with Gasteiger partial charge in [0, 0.05) is 0 Å². The lowest BCUT2D eigenvalue weighted by Crippen LogP contribution is -2.14. The van der Waals surface area contributed by atoms with Gasteiger partial charge in [-0.25, -0.2) is 0 Å². The largest absolute Gasteiger partial charge is 0.388 e. The first kappa shape index (κ1) is 15.6. The molecular formula is C19H30O. The fraction of sp³-hybridized carbons (Fsp3) is 0.684. The Morgan fingerprint density at radius 3 is 1.75 bits per heavy atom. The fourth-order valence-electron chi connectivity index (χ4n) is 3.89. The predicted octanol–water partition coefficient (Wildman–Crippen LogP) is 5.23. The first-order valence-corrected chi connectivity index (χ1v) is 8.18. The average Bonchev–Trinajstić information content (AvgIpc) is 2.44. The van der Waals surface area contributed by atoms with E-state index in [0.29, 0.717) is 0 Å². The monoisotopic (exact) mass is 274 g/mol. The Labute approximate surface area is 124 Å². The number of aliphatic hydroxyl groups excluding tert-OH is 1. The van der Waals surface area contributed by atoms with Crippen LogP contribution in [0.1, 0.15) is 78.0 Å². The smallest absolute Gasteiger partial charge is 0.0798 e. The van der Waals surface area contributed by atoms with E-state index in [1.54, 1.807) is 0 Å². The second kappa shape index (κ2) is 6.30. The van der Waals surface area contributed by atoms with E-state index in [1.165, 1.54) is 65.5 Å². The van der Waals surface area contributed by atoms with Gasteiger partial charge in [0.05, 0.1) is 6.10 Å². The summed E-state index contributed by atoms with van der Waals surface area (Å²) in [5.41, 5.74) is 7.89. The topological polar surface area (TPSA) is 20.2 Å². The van der Waals surface area contributed by atoms with Crippen molar-refractivity contribution in [2.24, 2.45) is 5.92 Å². The van der Waals surface area contributed by atoms with Crippen molar-refractivity contribution in [3.8, 4) is 0 Å². The normalized spacial score (nSPS) is 18.3. The number of aliphatic hydroxyl groups is 1. The van der Waals surface area contributed by atoms with Crippen molar-refractivity contribution in [3.63, 3.8) is 0 Å². The van der Waals surface area contributed by atoms with Gasteiger partial charge in [0.15, 0.2) is 0 Å². The van der Waals surface area contributed by atoms with Crippen LogP contribution in [0, 0.1) is 40.5 Å². The van der Waals surface area contributed by atoms with Crippen LogP contribution >= 0.6 is 0 Å². The predicted molar refractivity (Wildman–Crippen MR) is 86.3 cm³/mol. The molecule has 0 bridgehead atoms. The molecule has 20 heavy (non-hydrogen) atoms. The van der Waals surface area contributed by atoms with Gasteiger partial charge in [-0.1, -0.05) is 32.1 Å². The van der Waals surface area contributed by atoms with Gasteiger partial charge >= 0.3 is 0 Å². The third kappa shape index (κ3) is 2.93. The van der Waals surface area contributed by atoms with Crippen molar-refractivity contribution in [1.82, 2.24) is 0 Å². The highest BCUT2D eigenvalue weighted by Gasteiger charge is 2.23. The fourth-order valence-corrected chi connectivity index (χ4v) is 3.89. The Morgan fingerprint density at radius 1 is 0.800 bits per heavy atom. The Bertz CT molecular complexity index is 452. The van der Waals surface area contributed by atoms with E-state index in [-0.39, 0.29) is 6.10 Å². The molecule has 1 heteroatoms. The Hall–Kier alpha value is -0.820. The summed E-state index contributed by atoms with van der Waals surface area (Å²) in [7, 11) is 0. The Balaban J connectivity index is 2.27. The minimum absolute atomic E-state index is 0.281. The van der Waals surface area contributed by atoms with Crippen molar-refractivity contribution >= 4 is 0 Å². The molecule has 0 aromatic heterocycles. The summed E-state index contributed by atoms with van der Waals surface area (Å²) in [6.45, 7) is 10.9. The van der Waals surface area contributed by atoms with Gasteiger partial charge in [0.2, 0.25) is 0 Å². The summed E-state index contributed by atoms with van der Waals surface area (Å²) in [5, 5.41) is 10.8. The second-order valence-corrected chi connectivity index (χ2v) is 6.79. The molecule has 1 aliphatic carbocycles. The van der Waals surface area contributed by atoms with Crippen LogP contribution in [0.3, 0.4) is 0 Å². The molecule has 0 radical (unpaired) electrons. The Morgan fingerprint density at radius 2 is 1.25 bits per heavy atom. The lowest BCUT2D eigenvalue weighted by atomic mass is 9.81. The van der Waals surface area contributed by atoms with E-state index in [9.17, 15) is 5.11 Å². The molecule has 1 atom stereocenters. The highest BCUT2D eigenvalue weighted by Crippen LogP contribution is 2.36. The highest BCUT2D eigenvalue weighted by molar-refractivity contribution is 5.50. The molecule has 1 unspecified atom stereocenters. The van der Waals surface area contributed by atoms with Gasteiger partial charge < -0.3 is 5.11 Å². The summed E-state index contributed by atoms with van der Waals surface area (Å²) in [5.74, 6) is 0.722. The quantitative estimate of drug-likeness (QED) is 0.800. The maximum atomic E-state index is 10.8. The van der Waals surface area contributed by atoms with E-state index >= 15 is 0 Å². The molecule has 112 valence electrons. The van der Waals surface area contributed by atoms with E-state index < -0.39 is 0 Å². The summed E-state index contributed by atoms with van der Waals surface area (Å²) in [6, 6.07) is 0. The molecule has 0 spiro atoms. The zero-order valence-electron chi connectivity index (χ0n) is 13.8. The number of benzene rings is 1. The molecule has 0 aliphatic heterocycles. The molecule has 1 N–H and O–H groups in total. The van der Waals surface area contributed by atoms with Crippen molar-refractivity contribution in [3.05, 3.63) is 33.4 Å². The summed E-state index contributed by atoms with van der Waals surface area (Å²) in [6.07, 6.45) is 7.36. The third-order valence-corrected chi connectivity index (χ3v) is 5.67. The van der Waals surface area contributed by atoms with Gasteiger partial charge in [-0.05, 0) is 80.3 Å². The van der Waals surface area contributed by atoms with E-state index in [4.69, 9.17) is 0 Å². The maximum absolute atomic E-state index is 10.8. The second-order valence-electron chi connectivity index (χ2n) is 6.79. The van der Waals surface area contributed by atoms with Gasteiger partial charge in [0.1, 0.15) is 0 Å². The minimum atomic E-state index is -0.281. The van der Waals surface area contributed by atoms with Gasteiger partial charge in [0.25, 0.3) is 0 Å². The van der Waals surface area contributed by atoms with Crippen LogP contribution in [-0.2, 0) is 0 Å². The van der Waals surface area contributed by atoms with E-state index in [2.05, 4.69) is 34.6 Å². The van der Waals surface area contributed by atoms with Crippen molar-refractivity contribution in [1.29, 1.82) is 0 Å². The minimum Gasteiger partial charge on any atom is -0.388 e. The molecule has 1 aromatic carbocycles. The zero-order valence-corrected chi connectivity index (χ0v) is 13.8. The van der Waals surface area contributed by atoms with Gasteiger partial charge in [-0.2, -0.15) is 0 Å². The number of rotatable bonds is 3. The van der Waals surface area contributed by atoms with Crippen molar-refractivity contribution in [2.75, 3.05) is 0 Å². The average molecular weight is 274 g/mol. The number of hydrogen-bond donors (Lipinski definition) is 1. The van der Waals surface area contributed by atoms with E-state index in [0.717, 1.165) is 12.3 Å². The van der Waals surface area contributed by atoms with Crippen molar-refractivity contribution < 1.29 is 5.11 Å². The third-order valence-electron chi connectivity index (χ3n) is 5.67. The summed E-state index contributed by atoms with van der Waals surface area (Å²) >= 11 is 0. The highest BCUT2D eigenvalue weighted by atomic mass is 16.3. The number of hydrogen-bond acceptors (Lipinski definition) is 1. The van der Waals surface area contributed by atoms with Crippen LogP contribution in [0.2, 0.25) is 0 Å². The van der Waals surface area contributed by atoms with Crippen LogP contribution < -0.4 is 0 Å². The van der Waals surface area contributed by atoms with E-state index in [1.807, 2.05) is 0 Å². The van der Waals surface area contributed by atoms with Crippen molar-refractivity contribution in [2.45, 2.75) is 79.2 Å². The molecular weight excluding hydrogens is 244 g/mol. The zero-order chi connectivity index (χ0) is 14.9. The maximum Gasteiger partial charge on any atom is 0.0798 e.